The van der Waals surface area contributed by atoms with Crippen molar-refractivity contribution < 1.29 is 23.9 Å². The largest absolute Gasteiger partial charge is 0.445 e. The maximum Gasteiger partial charge on any atom is 0.410 e. The molecule has 1 aromatic carbocycles. The summed E-state index contributed by atoms with van der Waals surface area (Å²) in [5.74, 6) is -0.338. The van der Waals surface area contributed by atoms with E-state index in [0.717, 1.165) is 0 Å². The van der Waals surface area contributed by atoms with Gasteiger partial charge in [-0.3, -0.25) is 9.59 Å². The fourth-order valence-corrected chi connectivity index (χ4v) is 2.56. The summed E-state index contributed by atoms with van der Waals surface area (Å²) >= 11 is 0. The van der Waals surface area contributed by atoms with Gasteiger partial charge >= 0.3 is 12.1 Å². The van der Waals surface area contributed by atoms with Gasteiger partial charge in [0, 0.05) is 31.6 Å². The number of carbonyl (C=O) groups excluding carboxylic acids is 3. The Bertz CT molecular complexity index is 651. The smallest absolute Gasteiger partial charge is 0.410 e. The lowest BCUT2D eigenvalue weighted by Crippen LogP contribution is -2.46. The molecule has 1 aliphatic rings. The van der Waals surface area contributed by atoms with Gasteiger partial charge in [-0.15, -0.1) is 0 Å². The summed E-state index contributed by atoms with van der Waals surface area (Å²) in [6, 6.07) is 6.44. The Morgan fingerprint density at radius 1 is 1.32 bits per heavy atom. The van der Waals surface area contributed by atoms with E-state index in [0.29, 0.717) is 37.2 Å². The molecule has 0 spiro atoms. The third kappa shape index (κ3) is 5.63. The zero-order valence-corrected chi connectivity index (χ0v) is 14.2. The second-order valence-electron chi connectivity index (χ2n) is 5.72. The van der Waals surface area contributed by atoms with Gasteiger partial charge in [0.2, 0.25) is 0 Å². The Morgan fingerprint density at radius 3 is 2.68 bits per heavy atom. The molecule has 1 N–H and O–H groups in total. The fourth-order valence-electron chi connectivity index (χ4n) is 2.56. The number of carbonyl (C=O) groups is 3. The van der Waals surface area contributed by atoms with E-state index in [4.69, 9.17) is 9.47 Å². The summed E-state index contributed by atoms with van der Waals surface area (Å²) in [4.78, 5) is 36.7. The van der Waals surface area contributed by atoms with Crippen molar-refractivity contribution in [2.45, 2.75) is 25.8 Å². The van der Waals surface area contributed by atoms with E-state index in [1.165, 1.54) is 19.1 Å². The number of benzene rings is 1. The molecule has 0 saturated carbocycles. The van der Waals surface area contributed by atoms with Crippen molar-refractivity contribution in [3.63, 3.8) is 0 Å². The number of rotatable bonds is 5. The second kappa shape index (κ2) is 8.86. The molecule has 0 unspecified atom stereocenters. The lowest BCUT2D eigenvalue weighted by Gasteiger charge is -2.31. The van der Waals surface area contributed by atoms with E-state index in [1.807, 2.05) is 0 Å². The lowest BCUT2D eigenvalue weighted by molar-refractivity contribution is -0.131. The molecule has 0 aliphatic carbocycles. The molecule has 7 heteroatoms. The molecular formula is C18H22N2O5. The molecule has 0 aromatic heterocycles. The molecular weight excluding hydrogens is 324 g/mol. The Labute approximate surface area is 146 Å². The minimum Gasteiger partial charge on any atom is -0.445 e. The van der Waals surface area contributed by atoms with Crippen LogP contribution >= 0.6 is 0 Å². The Kier molecular flexibility index (Phi) is 6.56. The zero-order chi connectivity index (χ0) is 18.2. The number of likely N-dealkylation sites (tertiary alicyclic amines) is 1. The molecule has 7 nitrogen and oxygen atoms in total. The van der Waals surface area contributed by atoms with E-state index < -0.39 is 5.97 Å². The molecule has 1 heterocycles. The zero-order valence-electron chi connectivity index (χ0n) is 14.2. The van der Waals surface area contributed by atoms with Crippen molar-refractivity contribution in [2.24, 2.45) is 0 Å². The summed E-state index contributed by atoms with van der Waals surface area (Å²) in [6.45, 7) is 6.04. The normalized spacial score (nSPS) is 14.5. The van der Waals surface area contributed by atoms with Crippen molar-refractivity contribution >= 4 is 18.0 Å². The average molecular weight is 346 g/mol. The first-order chi connectivity index (χ1) is 12.0. The van der Waals surface area contributed by atoms with Crippen molar-refractivity contribution in [2.75, 3.05) is 19.7 Å². The van der Waals surface area contributed by atoms with Crippen molar-refractivity contribution in [1.29, 1.82) is 0 Å². The third-order valence-corrected chi connectivity index (χ3v) is 3.77. The van der Waals surface area contributed by atoms with Crippen molar-refractivity contribution in [3.05, 3.63) is 42.5 Å². The predicted octanol–water partition coefficient (Wildman–Crippen LogP) is 2.13. The monoisotopic (exact) mass is 346 g/mol. The van der Waals surface area contributed by atoms with Crippen LogP contribution in [0.25, 0.3) is 0 Å². The number of hydrogen-bond donors (Lipinski definition) is 1. The van der Waals surface area contributed by atoms with E-state index in [2.05, 4.69) is 11.9 Å². The minimum atomic E-state index is -0.437. The van der Waals surface area contributed by atoms with Gasteiger partial charge in [-0.05, 0) is 31.0 Å². The van der Waals surface area contributed by atoms with Crippen LogP contribution in [0, 0.1) is 0 Å². The predicted molar refractivity (Wildman–Crippen MR) is 91.4 cm³/mol. The second-order valence-corrected chi connectivity index (χ2v) is 5.72. The van der Waals surface area contributed by atoms with Crippen LogP contribution in [0.15, 0.2) is 36.9 Å². The lowest BCUT2D eigenvalue weighted by atomic mass is 10.0. The maximum absolute atomic E-state index is 12.3. The fraction of sp³-hybridized carbons (Fsp3) is 0.389. The van der Waals surface area contributed by atoms with Gasteiger partial charge in [0.25, 0.3) is 5.91 Å². The molecule has 134 valence electrons. The summed E-state index contributed by atoms with van der Waals surface area (Å²) in [7, 11) is 0. The molecule has 0 radical (unpaired) electrons. The number of ether oxygens (including phenoxy) is 2. The Hall–Kier alpha value is -2.83. The van der Waals surface area contributed by atoms with Crippen LogP contribution in [0.1, 0.15) is 30.1 Å². The SMILES string of the molecule is C=CCOC(=O)N1CCC(NC(=O)c2cccc(OC(C)=O)c2)CC1. The average Bonchev–Trinajstić information content (AvgIpc) is 2.60. The van der Waals surface area contributed by atoms with E-state index in [1.54, 1.807) is 23.1 Å². The minimum absolute atomic E-state index is 0.0201. The van der Waals surface area contributed by atoms with Gasteiger partial charge in [-0.25, -0.2) is 4.79 Å². The van der Waals surface area contributed by atoms with Gasteiger partial charge in [0.05, 0.1) is 0 Å². The number of esters is 1. The Morgan fingerprint density at radius 2 is 2.04 bits per heavy atom. The topological polar surface area (TPSA) is 84.9 Å². The first kappa shape index (κ1) is 18.5. The van der Waals surface area contributed by atoms with Gasteiger partial charge in [0.15, 0.2) is 0 Å². The number of hydrogen-bond acceptors (Lipinski definition) is 5. The molecule has 1 fully saturated rings. The summed E-state index contributed by atoms with van der Waals surface area (Å²) in [6.07, 6.45) is 2.46. The highest BCUT2D eigenvalue weighted by Crippen LogP contribution is 2.16. The number of nitrogens with zero attached hydrogens (tertiary/aromatic N) is 1. The number of piperidine rings is 1. The molecule has 2 amide bonds. The van der Waals surface area contributed by atoms with Gasteiger partial charge in [-0.2, -0.15) is 0 Å². The van der Waals surface area contributed by atoms with Gasteiger partial charge < -0.3 is 19.7 Å². The highest BCUT2D eigenvalue weighted by Gasteiger charge is 2.25. The van der Waals surface area contributed by atoms with Crippen LogP contribution in [0.3, 0.4) is 0 Å². The van der Waals surface area contributed by atoms with E-state index in [9.17, 15) is 14.4 Å². The molecule has 2 rings (SSSR count). The first-order valence-corrected chi connectivity index (χ1v) is 8.11. The molecule has 1 aromatic rings. The molecule has 1 saturated heterocycles. The molecule has 0 bridgehead atoms. The first-order valence-electron chi connectivity index (χ1n) is 8.11. The van der Waals surface area contributed by atoms with E-state index >= 15 is 0 Å². The van der Waals surface area contributed by atoms with Crippen molar-refractivity contribution in [1.82, 2.24) is 10.2 Å². The Balaban J connectivity index is 1.85. The molecule has 1 aliphatic heterocycles. The van der Waals surface area contributed by atoms with Crippen LogP contribution in [-0.2, 0) is 9.53 Å². The third-order valence-electron chi connectivity index (χ3n) is 3.77. The van der Waals surface area contributed by atoms with Crippen LogP contribution in [0.2, 0.25) is 0 Å². The molecule has 25 heavy (non-hydrogen) atoms. The van der Waals surface area contributed by atoms with Gasteiger partial charge in [0.1, 0.15) is 12.4 Å². The number of nitrogens with one attached hydrogen (secondary N) is 1. The van der Waals surface area contributed by atoms with Crippen LogP contribution in [-0.4, -0.2) is 48.6 Å². The summed E-state index contributed by atoms with van der Waals surface area (Å²) in [5.41, 5.74) is 0.423. The maximum atomic E-state index is 12.3. The van der Waals surface area contributed by atoms with Crippen LogP contribution in [0.5, 0.6) is 5.75 Å². The summed E-state index contributed by atoms with van der Waals surface area (Å²) < 4.78 is 9.98. The highest BCUT2D eigenvalue weighted by atomic mass is 16.6. The van der Waals surface area contributed by atoms with Crippen LogP contribution < -0.4 is 10.1 Å². The summed E-state index contributed by atoms with van der Waals surface area (Å²) in [5, 5.41) is 2.94. The van der Waals surface area contributed by atoms with Gasteiger partial charge in [-0.1, -0.05) is 18.7 Å². The molecule has 0 atom stereocenters. The highest BCUT2D eigenvalue weighted by molar-refractivity contribution is 5.94. The van der Waals surface area contributed by atoms with Crippen LogP contribution in [0.4, 0.5) is 4.79 Å². The van der Waals surface area contributed by atoms with E-state index in [-0.39, 0.29) is 24.6 Å². The quantitative estimate of drug-likeness (QED) is 0.501. The standard InChI is InChI=1S/C18H22N2O5/c1-3-11-24-18(23)20-9-7-15(8-10-20)19-17(22)14-5-4-6-16(12-14)25-13(2)21/h3-6,12,15H,1,7-11H2,2H3,(H,19,22). The number of amides is 2. The van der Waals surface area contributed by atoms with Crippen molar-refractivity contribution in [3.8, 4) is 5.75 Å².